The van der Waals surface area contributed by atoms with Gasteiger partial charge in [-0.05, 0) is 77.0 Å². The van der Waals surface area contributed by atoms with Crippen molar-refractivity contribution >= 4 is 5.91 Å². The van der Waals surface area contributed by atoms with E-state index >= 15 is 0 Å². The van der Waals surface area contributed by atoms with Crippen LogP contribution in [0.1, 0.15) is 303 Å². The highest BCUT2D eigenvalue weighted by atomic mass is 16.7. The molecule has 0 spiro atoms. The molecule has 2 saturated heterocycles. The molecular weight excluding hydrogens is 1170 g/mol. The van der Waals surface area contributed by atoms with Gasteiger partial charge in [0.05, 0.1) is 32.0 Å². The van der Waals surface area contributed by atoms with Crippen molar-refractivity contribution in [1.29, 1.82) is 0 Å². The molecule has 538 valence electrons. The predicted octanol–water partition coefficient (Wildman–Crippen LogP) is 16.5. The van der Waals surface area contributed by atoms with Crippen molar-refractivity contribution in [2.45, 2.75) is 376 Å². The number of carbonyl (C=O) groups is 1. The van der Waals surface area contributed by atoms with Gasteiger partial charge in [-0.25, -0.2) is 0 Å². The van der Waals surface area contributed by atoms with Crippen LogP contribution < -0.4 is 5.32 Å². The minimum atomic E-state index is -1.79. The lowest BCUT2D eigenvalue weighted by Gasteiger charge is -2.46. The third kappa shape index (κ3) is 45.9. The molecule has 0 bridgehead atoms. The smallest absolute Gasteiger partial charge is 0.220 e. The van der Waals surface area contributed by atoms with Crippen molar-refractivity contribution in [3.05, 3.63) is 97.2 Å². The predicted molar refractivity (Wildman–Crippen MR) is 383 cm³/mol. The van der Waals surface area contributed by atoms with E-state index in [0.717, 1.165) is 103 Å². The summed E-state index contributed by atoms with van der Waals surface area (Å²) in [6.07, 6.45) is 71.5. The molecule has 93 heavy (non-hydrogen) atoms. The molecular formula is C79H139NO13. The van der Waals surface area contributed by atoms with Crippen LogP contribution in [0.2, 0.25) is 0 Å². The normalized spacial score (nSPS) is 23.1. The van der Waals surface area contributed by atoms with Crippen molar-refractivity contribution in [2.75, 3.05) is 19.8 Å². The quantitative estimate of drug-likeness (QED) is 0.0204. The number of rotatable bonds is 62. The second kappa shape index (κ2) is 62.4. The summed E-state index contributed by atoms with van der Waals surface area (Å²) in [4.78, 5) is 13.4. The summed E-state index contributed by atoms with van der Waals surface area (Å²) in [5.41, 5.74) is 0. The molecule has 0 aliphatic carbocycles. The van der Waals surface area contributed by atoms with Crippen LogP contribution in [0.3, 0.4) is 0 Å². The van der Waals surface area contributed by atoms with E-state index in [2.05, 4.69) is 116 Å². The zero-order chi connectivity index (χ0) is 67.3. The van der Waals surface area contributed by atoms with Gasteiger partial charge in [-0.2, -0.15) is 0 Å². The third-order valence-corrected chi connectivity index (χ3v) is 18.1. The summed E-state index contributed by atoms with van der Waals surface area (Å²) >= 11 is 0. The molecule has 0 aromatic heterocycles. The molecule has 2 heterocycles. The van der Waals surface area contributed by atoms with E-state index in [9.17, 15) is 45.6 Å². The molecule has 0 aromatic rings. The van der Waals surface area contributed by atoms with E-state index in [1.807, 2.05) is 0 Å². The molecule has 0 saturated carbocycles. The van der Waals surface area contributed by atoms with Crippen LogP contribution in [0.4, 0.5) is 0 Å². The lowest BCUT2D eigenvalue weighted by atomic mass is 9.97. The molecule has 0 radical (unpaired) electrons. The fourth-order valence-corrected chi connectivity index (χ4v) is 12.1. The molecule has 14 heteroatoms. The van der Waals surface area contributed by atoms with Crippen LogP contribution in [-0.2, 0) is 23.7 Å². The maximum absolute atomic E-state index is 13.4. The zero-order valence-electron chi connectivity index (χ0n) is 58.7. The highest BCUT2D eigenvalue weighted by Gasteiger charge is 2.51. The first-order valence-corrected chi connectivity index (χ1v) is 38.0. The minimum absolute atomic E-state index is 0.206. The topological polar surface area (TPSA) is 228 Å². The summed E-state index contributed by atoms with van der Waals surface area (Å²) in [7, 11) is 0. The van der Waals surface area contributed by atoms with Crippen molar-refractivity contribution in [3.63, 3.8) is 0 Å². The maximum atomic E-state index is 13.4. The fraction of sp³-hybridized carbons (Fsp3) is 0.785. The van der Waals surface area contributed by atoms with E-state index < -0.39 is 86.8 Å². The Hall–Kier alpha value is -3.09. The minimum Gasteiger partial charge on any atom is -0.394 e. The van der Waals surface area contributed by atoms with Crippen LogP contribution in [0.5, 0.6) is 0 Å². The number of amides is 1. The number of aliphatic hydroxyl groups excluding tert-OH is 8. The number of unbranched alkanes of at least 4 members (excludes halogenated alkanes) is 33. The SMILES string of the molecule is CC/C=C\C/C=C\C/C=C\C/C=C\C/C=C\C/C=C\C/C=C\C/C=C\CCCCCCCCCCCCCCCCCCC(=O)NC(COC1OC(CO)C(OC2OC(CO)C(O)C(O)C2O)C(O)C1O)C(O)CCCCCCCCCCCCCCCCCCCC. The molecule has 2 aliphatic rings. The van der Waals surface area contributed by atoms with Crippen LogP contribution in [0, 0.1) is 0 Å². The number of carbonyl (C=O) groups excluding carboxylic acids is 1. The van der Waals surface area contributed by atoms with Crippen molar-refractivity contribution in [3.8, 4) is 0 Å². The van der Waals surface area contributed by atoms with Crippen molar-refractivity contribution in [2.24, 2.45) is 0 Å². The molecule has 0 aromatic carbocycles. The Labute approximate surface area is 566 Å². The first kappa shape index (κ1) is 86.0. The Morgan fingerprint density at radius 3 is 1.14 bits per heavy atom. The summed E-state index contributed by atoms with van der Waals surface area (Å²) < 4.78 is 22.9. The van der Waals surface area contributed by atoms with Crippen molar-refractivity contribution in [1.82, 2.24) is 5.32 Å². The number of aliphatic hydroxyl groups is 8. The Bertz CT molecular complexity index is 1930. The van der Waals surface area contributed by atoms with Crippen LogP contribution in [0.15, 0.2) is 97.2 Å². The van der Waals surface area contributed by atoms with Gasteiger partial charge in [0.15, 0.2) is 12.6 Å². The highest BCUT2D eigenvalue weighted by Crippen LogP contribution is 2.30. The van der Waals surface area contributed by atoms with Gasteiger partial charge in [-0.3, -0.25) is 4.79 Å². The lowest BCUT2D eigenvalue weighted by molar-refractivity contribution is -0.359. The van der Waals surface area contributed by atoms with Gasteiger partial charge in [-0.1, -0.05) is 317 Å². The first-order valence-electron chi connectivity index (χ1n) is 38.0. The Balaban J connectivity index is 1.58. The Kier molecular flexibility index (Phi) is 57.7. The van der Waals surface area contributed by atoms with E-state index in [4.69, 9.17) is 18.9 Å². The second-order valence-electron chi connectivity index (χ2n) is 26.4. The maximum Gasteiger partial charge on any atom is 0.220 e. The molecule has 1 amide bonds. The first-order chi connectivity index (χ1) is 45.6. The van der Waals surface area contributed by atoms with Gasteiger partial charge in [0.25, 0.3) is 0 Å². The van der Waals surface area contributed by atoms with E-state index in [1.165, 1.54) is 173 Å². The highest BCUT2D eigenvalue weighted by molar-refractivity contribution is 5.76. The van der Waals surface area contributed by atoms with Crippen LogP contribution in [0.25, 0.3) is 0 Å². The molecule has 2 fully saturated rings. The summed E-state index contributed by atoms with van der Waals surface area (Å²) in [6.45, 7) is 2.78. The molecule has 9 N–H and O–H groups in total. The van der Waals surface area contributed by atoms with Crippen LogP contribution >= 0.6 is 0 Å². The van der Waals surface area contributed by atoms with Gasteiger partial charge in [-0.15, -0.1) is 0 Å². The standard InChI is InChI=1S/C79H139NO13/c1-3-5-7-9-11-13-15-17-19-21-23-24-25-26-27-28-29-30-31-32-33-34-35-36-37-38-39-40-41-42-43-44-45-47-49-51-53-55-57-59-61-63-71(84)80-67(68(83)62-60-58-56-54-52-50-48-46-22-20-18-16-14-12-10-8-6-4-2)66-90-78-76(89)74(87)77(70(65-82)92-78)93-79-75(88)73(86)72(85)69(64-81)91-79/h5,7,11,13,17,19,23-24,26-27,29-30,32-33,35-36,67-70,72-79,81-83,85-89H,3-4,6,8-10,12,14-16,18,20-22,25,28,31,34,37-66H2,1-2H3,(H,80,84)/b7-5-,13-11-,19-17-,24-23-,27-26-,30-29-,33-32-,36-35-. The summed E-state index contributed by atoms with van der Waals surface area (Å²) in [5.74, 6) is -0.206. The number of allylic oxidation sites excluding steroid dienone is 16. The average molecular weight is 1310 g/mol. The van der Waals surface area contributed by atoms with Gasteiger partial charge < -0.3 is 65.1 Å². The zero-order valence-corrected chi connectivity index (χ0v) is 58.7. The Morgan fingerprint density at radius 1 is 0.398 bits per heavy atom. The molecule has 12 atom stereocenters. The van der Waals surface area contributed by atoms with E-state index in [-0.39, 0.29) is 12.5 Å². The molecule has 2 rings (SSSR count). The average Bonchev–Trinajstić information content (AvgIpc) is 0.958. The van der Waals surface area contributed by atoms with E-state index in [0.29, 0.717) is 12.8 Å². The summed E-state index contributed by atoms with van der Waals surface area (Å²) in [6, 6.07) is -0.833. The summed E-state index contributed by atoms with van der Waals surface area (Å²) in [5, 5.41) is 87.7. The van der Waals surface area contributed by atoms with Crippen LogP contribution in [-0.4, -0.2) is 140 Å². The van der Waals surface area contributed by atoms with Crippen molar-refractivity contribution < 1.29 is 64.6 Å². The number of hydrogen-bond acceptors (Lipinski definition) is 13. The van der Waals surface area contributed by atoms with Gasteiger partial charge in [0.1, 0.15) is 48.8 Å². The number of nitrogens with one attached hydrogen (secondary N) is 1. The molecule has 14 nitrogen and oxygen atoms in total. The Morgan fingerprint density at radius 2 is 0.742 bits per heavy atom. The monoisotopic (exact) mass is 1310 g/mol. The van der Waals surface area contributed by atoms with Gasteiger partial charge in [0.2, 0.25) is 5.91 Å². The lowest BCUT2D eigenvalue weighted by Crippen LogP contribution is -2.65. The van der Waals surface area contributed by atoms with E-state index in [1.54, 1.807) is 0 Å². The van der Waals surface area contributed by atoms with Gasteiger partial charge >= 0.3 is 0 Å². The molecule has 2 aliphatic heterocycles. The fourth-order valence-electron chi connectivity index (χ4n) is 12.1. The molecule has 12 unspecified atom stereocenters. The number of hydrogen-bond donors (Lipinski definition) is 9. The largest absolute Gasteiger partial charge is 0.394 e. The third-order valence-electron chi connectivity index (χ3n) is 18.1. The number of ether oxygens (including phenoxy) is 4. The second-order valence-corrected chi connectivity index (χ2v) is 26.4. The van der Waals surface area contributed by atoms with Gasteiger partial charge in [0, 0.05) is 6.42 Å².